The Morgan fingerprint density at radius 2 is 1.55 bits per heavy atom. The van der Waals surface area contributed by atoms with E-state index < -0.39 is 4.92 Å². The molecule has 0 spiro atoms. The van der Waals surface area contributed by atoms with Gasteiger partial charge in [0.1, 0.15) is 0 Å². The summed E-state index contributed by atoms with van der Waals surface area (Å²) in [6.45, 7) is 2.27. The summed E-state index contributed by atoms with van der Waals surface area (Å²) in [5, 5.41) is 10.8. The molecule has 2 aromatic rings. The maximum Gasteiger partial charge on any atom is 0.269 e. The van der Waals surface area contributed by atoms with Crippen LogP contribution in [0, 0.1) is 16.0 Å². The van der Waals surface area contributed by atoms with Crippen LogP contribution in [0.5, 0.6) is 0 Å². The van der Waals surface area contributed by atoms with Gasteiger partial charge >= 0.3 is 0 Å². The van der Waals surface area contributed by atoms with Crippen molar-refractivity contribution >= 4 is 11.5 Å². The minimum absolute atomic E-state index is 0.0479. The molecule has 0 aliphatic heterocycles. The van der Waals surface area contributed by atoms with Gasteiger partial charge in [-0.25, -0.2) is 0 Å². The average Bonchev–Trinajstić information content (AvgIpc) is 2.80. The number of rotatable bonds is 11. The van der Waals surface area contributed by atoms with Crippen molar-refractivity contribution in [2.75, 3.05) is 0 Å². The van der Waals surface area contributed by atoms with E-state index in [-0.39, 0.29) is 17.9 Å². The molecule has 4 heteroatoms. The largest absolute Gasteiger partial charge is 0.294 e. The predicted octanol–water partition coefficient (Wildman–Crippen LogP) is 7.65. The lowest BCUT2D eigenvalue weighted by atomic mass is 9.77. The van der Waals surface area contributed by atoms with Crippen molar-refractivity contribution in [3.63, 3.8) is 0 Å². The number of carbonyl (C=O) groups is 1. The normalized spacial score (nSPS) is 18.6. The van der Waals surface area contributed by atoms with Crippen molar-refractivity contribution in [2.24, 2.45) is 5.92 Å². The van der Waals surface area contributed by atoms with Crippen LogP contribution in [0.15, 0.2) is 48.5 Å². The number of hydrogen-bond donors (Lipinski definition) is 0. The molecule has 1 aliphatic carbocycles. The number of non-ortho nitro benzene ring substituents is 1. The summed E-state index contributed by atoms with van der Waals surface area (Å²) in [6, 6.07) is 14.4. The molecule has 4 nitrogen and oxygen atoms in total. The molecule has 3 rings (SSSR count). The zero-order chi connectivity index (χ0) is 22.1. The van der Waals surface area contributed by atoms with Gasteiger partial charge in [-0.1, -0.05) is 81.8 Å². The van der Waals surface area contributed by atoms with Gasteiger partial charge in [-0.2, -0.15) is 0 Å². The van der Waals surface area contributed by atoms with Gasteiger partial charge in [0, 0.05) is 24.1 Å². The topological polar surface area (TPSA) is 60.2 Å². The summed E-state index contributed by atoms with van der Waals surface area (Å²) in [5.41, 5.74) is 2.91. The molecule has 2 aromatic carbocycles. The summed E-state index contributed by atoms with van der Waals surface area (Å²) in [7, 11) is 0. The first-order valence-electron chi connectivity index (χ1n) is 11.9. The minimum Gasteiger partial charge on any atom is -0.294 e. The zero-order valence-corrected chi connectivity index (χ0v) is 18.7. The molecule has 0 unspecified atom stereocenters. The van der Waals surface area contributed by atoms with E-state index in [0.29, 0.717) is 11.5 Å². The first-order valence-corrected chi connectivity index (χ1v) is 11.9. The van der Waals surface area contributed by atoms with Gasteiger partial charge in [0.25, 0.3) is 5.69 Å². The van der Waals surface area contributed by atoms with Crippen molar-refractivity contribution in [2.45, 2.75) is 83.5 Å². The van der Waals surface area contributed by atoms with Crippen LogP contribution < -0.4 is 0 Å². The number of nitro groups is 1. The Morgan fingerprint density at radius 1 is 0.903 bits per heavy atom. The van der Waals surface area contributed by atoms with Crippen LogP contribution in [0.25, 0.3) is 0 Å². The minimum atomic E-state index is -0.425. The lowest BCUT2D eigenvalue weighted by Crippen LogP contribution is -2.13. The Balaban J connectivity index is 1.45. The van der Waals surface area contributed by atoms with Crippen LogP contribution in [0.2, 0.25) is 0 Å². The second kappa shape index (κ2) is 11.8. The molecular formula is C27H35NO3. The van der Waals surface area contributed by atoms with Gasteiger partial charge < -0.3 is 0 Å². The SMILES string of the molecule is CCCCCCCC1CCC(c2ccc(C(=O)Cc3ccc([N+](=O)[O-])cc3)cc2)CC1. The molecule has 0 atom stereocenters. The maximum atomic E-state index is 12.6. The van der Waals surface area contributed by atoms with Crippen LogP contribution >= 0.6 is 0 Å². The molecule has 1 fully saturated rings. The molecule has 0 N–H and O–H groups in total. The van der Waals surface area contributed by atoms with Crippen LogP contribution in [0.3, 0.4) is 0 Å². The summed E-state index contributed by atoms with van der Waals surface area (Å²) in [4.78, 5) is 22.9. The van der Waals surface area contributed by atoms with Crippen molar-refractivity contribution in [1.82, 2.24) is 0 Å². The van der Waals surface area contributed by atoms with E-state index in [0.717, 1.165) is 11.5 Å². The van der Waals surface area contributed by atoms with E-state index in [4.69, 9.17) is 0 Å². The first-order chi connectivity index (χ1) is 15.1. The maximum absolute atomic E-state index is 12.6. The second-order valence-corrected chi connectivity index (χ2v) is 9.07. The summed E-state index contributed by atoms with van der Waals surface area (Å²) < 4.78 is 0. The molecule has 0 bridgehead atoms. The highest BCUT2D eigenvalue weighted by molar-refractivity contribution is 5.97. The molecule has 31 heavy (non-hydrogen) atoms. The van der Waals surface area contributed by atoms with Gasteiger partial charge in [-0.05, 0) is 48.6 Å². The van der Waals surface area contributed by atoms with Gasteiger partial charge in [-0.3, -0.25) is 14.9 Å². The highest BCUT2D eigenvalue weighted by Crippen LogP contribution is 2.37. The van der Waals surface area contributed by atoms with Crippen molar-refractivity contribution in [1.29, 1.82) is 0 Å². The lowest BCUT2D eigenvalue weighted by Gasteiger charge is -2.29. The Hall–Kier alpha value is -2.49. The summed E-state index contributed by atoms with van der Waals surface area (Å²) in [6.07, 6.45) is 13.7. The molecule has 0 saturated heterocycles. The van der Waals surface area contributed by atoms with E-state index in [2.05, 4.69) is 19.1 Å². The van der Waals surface area contributed by atoms with Crippen molar-refractivity contribution < 1.29 is 9.72 Å². The predicted molar refractivity (Wildman–Crippen MR) is 126 cm³/mol. The molecule has 1 aliphatic rings. The summed E-state index contributed by atoms with van der Waals surface area (Å²) >= 11 is 0. The van der Waals surface area contributed by atoms with Crippen molar-refractivity contribution in [3.05, 3.63) is 75.3 Å². The molecule has 166 valence electrons. The number of benzene rings is 2. The van der Waals surface area contributed by atoms with E-state index in [1.807, 2.05) is 12.1 Å². The summed E-state index contributed by atoms with van der Waals surface area (Å²) in [5.74, 6) is 1.57. The fourth-order valence-electron chi connectivity index (χ4n) is 4.79. The number of unbranched alkanes of at least 4 members (excludes halogenated alkanes) is 4. The van der Waals surface area contributed by atoms with Gasteiger partial charge in [0.05, 0.1) is 4.92 Å². The number of nitrogens with zero attached hydrogens (tertiary/aromatic N) is 1. The molecule has 0 heterocycles. The number of ketones is 1. The van der Waals surface area contributed by atoms with E-state index in [1.165, 1.54) is 81.9 Å². The van der Waals surface area contributed by atoms with Gasteiger partial charge in [-0.15, -0.1) is 0 Å². The van der Waals surface area contributed by atoms with Crippen LogP contribution in [0.4, 0.5) is 5.69 Å². The van der Waals surface area contributed by atoms with Gasteiger partial charge in [0.2, 0.25) is 0 Å². The third kappa shape index (κ3) is 7.02. The van der Waals surface area contributed by atoms with Crippen LogP contribution in [-0.4, -0.2) is 10.7 Å². The van der Waals surface area contributed by atoms with E-state index in [9.17, 15) is 14.9 Å². The fourth-order valence-corrected chi connectivity index (χ4v) is 4.79. The van der Waals surface area contributed by atoms with E-state index in [1.54, 1.807) is 12.1 Å². The molecule has 1 saturated carbocycles. The monoisotopic (exact) mass is 421 g/mol. The van der Waals surface area contributed by atoms with E-state index >= 15 is 0 Å². The Kier molecular flexibility index (Phi) is 8.81. The van der Waals surface area contributed by atoms with Gasteiger partial charge in [0.15, 0.2) is 5.78 Å². The zero-order valence-electron chi connectivity index (χ0n) is 18.7. The number of nitro benzene ring substituents is 1. The number of carbonyl (C=O) groups excluding carboxylic acids is 1. The Morgan fingerprint density at radius 3 is 2.16 bits per heavy atom. The second-order valence-electron chi connectivity index (χ2n) is 9.07. The average molecular weight is 422 g/mol. The van der Waals surface area contributed by atoms with Crippen LogP contribution in [0.1, 0.15) is 98.5 Å². The third-order valence-corrected chi connectivity index (χ3v) is 6.78. The smallest absolute Gasteiger partial charge is 0.269 e. The number of Topliss-reactive ketones (excluding diaryl/α,β-unsaturated/α-hetero) is 1. The highest BCUT2D eigenvalue weighted by Gasteiger charge is 2.22. The quantitative estimate of drug-likeness (QED) is 0.162. The fraction of sp³-hybridized carbons (Fsp3) is 0.519. The standard InChI is InChI=1S/C27H35NO3/c1-2-3-4-5-6-7-21-8-12-23(13-9-21)24-14-16-25(17-15-24)27(29)20-22-10-18-26(19-11-22)28(30)31/h10-11,14-19,21,23H,2-9,12-13,20H2,1H3. The molecule has 0 aromatic heterocycles. The Labute approximate surface area is 186 Å². The first kappa shape index (κ1) is 23.2. The lowest BCUT2D eigenvalue weighted by molar-refractivity contribution is -0.384. The number of hydrogen-bond acceptors (Lipinski definition) is 3. The van der Waals surface area contributed by atoms with Crippen molar-refractivity contribution in [3.8, 4) is 0 Å². The highest BCUT2D eigenvalue weighted by atomic mass is 16.6. The Bertz CT molecular complexity index is 834. The molecular weight excluding hydrogens is 386 g/mol. The van der Waals surface area contributed by atoms with Crippen LogP contribution in [-0.2, 0) is 6.42 Å². The molecule has 0 radical (unpaired) electrons. The molecule has 0 amide bonds. The third-order valence-electron chi connectivity index (χ3n) is 6.78.